The van der Waals surface area contributed by atoms with Crippen LogP contribution in [0.1, 0.15) is 17.4 Å². The Balaban J connectivity index is 1.38. The van der Waals surface area contributed by atoms with Gasteiger partial charge in [0.2, 0.25) is 0 Å². The molecule has 0 saturated carbocycles. The minimum absolute atomic E-state index is 0.278. The van der Waals surface area contributed by atoms with E-state index in [0.29, 0.717) is 28.5 Å². The highest BCUT2D eigenvalue weighted by Gasteiger charge is 2.12. The lowest BCUT2D eigenvalue weighted by atomic mass is 10.1. The number of carbonyl (C=O) groups excluding carboxylic acids is 1. The molecule has 3 aromatic heterocycles. The van der Waals surface area contributed by atoms with Crippen LogP contribution >= 0.6 is 0 Å². The second kappa shape index (κ2) is 9.58. The Bertz CT molecular complexity index is 1660. The van der Waals surface area contributed by atoms with Crippen LogP contribution in [0.3, 0.4) is 0 Å². The van der Waals surface area contributed by atoms with Gasteiger partial charge >= 0.3 is 0 Å². The third-order valence-corrected chi connectivity index (χ3v) is 5.36. The molecule has 2 aromatic carbocycles. The van der Waals surface area contributed by atoms with Crippen molar-refractivity contribution in [1.82, 2.24) is 30.5 Å². The van der Waals surface area contributed by atoms with E-state index in [-0.39, 0.29) is 11.6 Å². The molecule has 5 rings (SSSR count). The van der Waals surface area contributed by atoms with Crippen LogP contribution in [0.5, 0.6) is 0 Å². The van der Waals surface area contributed by atoms with Gasteiger partial charge in [-0.15, -0.1) is 0 Å². The standard InChI is InChI=1S/C25H20FN9O/c1-14(5-8-29-27-2)31-25(36)22-9-15-3-4-16(10-19(15)32-22)24-28-7-6-23(34-24)33-21-11-17-13-30-35-20(17)12-18(21)26/h3-13,32H,2H2,1H3,(H,30,35)(H,31,36)(H,28,33,34)/b14-5+,29-8-. The van der Waals surface area contributed by atoms with Crippen LogP contribution < -0.4 is 10.6 Å². The first-order valence-electron chi connectivity index (χ1n) is 10.8. The summed E-state index contributed by atoms with van der Waals surface area (Å²) in [4.78, 5) is 24.6. The molecule has 3 heterocycles. The van der Waals surface area contributed by atoms with Crippen molar-refractivity contribution >= 4 is 52.2 Å². The molecule has 0 bridgehead atoms. The monoisotopic (exact) mass is 481 g/mol. The number of carbonyl (C=O) groups is 1. The number of nitrogens with one attached hydrogen (secondary N) is 4. The summed E-state index contributed by atoms with van der Waals surface area (Å²) in [6.07, 6.45) is 6.27. The number of rotatable bonds is 7. The van der Waals surface area contributed by atoms with Gasteiger partial charge in [-0.05, 0) is 37.3 Å². The summed E-state index contributed by atoms with van der Waals surface area (Å²) in [6.45, 7) is 5.00. The highest BCUT2D eigenvalue weighted by atomic mass is 19.1. The lowest BCUT2D eigenvalue weighted by molar-refractivity contribution is 0.0962. The minimum atomic E-state index is -0.430. The Hall–Kier alpha value is -5.19. The maximum atomic E-state index is 14.5. The van der Waals surface area contributed by atoms with Gasteiger partial charge in [0.25, 0.3) is 5.91 Å². The van der Waals surface area contributed by atoms with Gasteiger partial charge in [0.15, 0.2) is 5.82 Å². The van der Waals surface area contributed by atoms with Gasteiger partial charge in [-0.3, -0.25) is 9.89 Å². The van der Waals surface area contributed by atoms with Gasteiger partial charge in [-0.1, -0.05) is 12.1 Å². The predicted octanol–water partition coefficient (Wildman–Crippen LogP) is 4.70. The van der Waals surface area contributed by atoms with Gasteiger partial charge < -0.3 is 15.6 Å². The van der Waals surface area contributed by atoms with E-state index >= 15 is 0 Å². The molecular weight excluding hydrogens is 461 g/mol. The smallest absolute Gasteiger partial charge is 0.271 e. The van der Waals surface area contributed by atoms with Gasteiger partial charge in [0.1, 0.15) is 17.3 Å². The molecule has 0 spiro atoms. The summed E-state index contributed by atoms with van der Waals surface area (Å²) in [7, 11) is 0. The number of anilines is 2. The van der Waals surface area contributed by atoms with Crippen molar-refractivity contribution in [2.45, 2.75) is 6.92 Å². The molecule has 0 saturated heterocycles. The molecule has 5 aromatic rings. The van der Waals surface area contributed by atoms with E-state index in [1.54, 1.807) is 43.6 Å². The van der Waals surface area contributed by atoms with E-state index in [2.05, 4.69) is 52.7 Å². The Morgan fingerprint density at radius 3 is 2.89 bits per heavy atom. The summed E-state index contributed by atoms with van der Waals surface area (Å²) in [5, 5.41) is 21.1. The topological polar surface area (TPSA) is 136 Å². The molecule has 4 N–H and O–H groups in total. The van der Waals surface area contributed by atoms with Crippen LogP contribution in [0.2, 0.25) is 0 Å². The Morgan fingerprint density at radius 1 is 1.14 bits per heavy atom. The van der Waals surface area contributed by atoms with E-state index in [9.17, 15) is 9.18 Å². The molecular formula is C25H20FN9O. The summed E-state index contributed by atoms with van der Waals surface area (Å²) >= 11 is 0. The molecule has 0 radical (unpaired) electrons. The minimum Gasteiger partial charge on any atom is -0.350 e. The van der Waals surface area contributed by atoms with Crippen LogP contribution in [0, 0.1) is 5.82 Å². The van der Waals surface area contributed by atoms with Crippen molar-refractivity contribution in [1.29, 1.82) is 0 Å². The van der Waals surface area contributed by atoms with Crippen LogP contribution in [0.25, 0.3) is 33.2 Å². The van der Waals surface area contributed by atoms with Crippen molar-refractivity contribution in [2.24, 2.45) is 10.2 Å². The van der Waals surface area contributed by atoms with Crippen molar-refractivity contribution in [3.05, 3.63) is 78.1 Å². The number of aromatic nitrogens is 5. The number of amides is 1. The van der Waals surface area contributed by atoms with Crippen LogP contribution in [-0.2, 0) is 0 Å². The first-order valence-corrected chi connectivity index (χ1v) is 10.8. The van der Waals surface area contributed by atoms with E-state index in [1.807, 2.05) is 18.2 Å². The first kappa shape index (κ1) is 22.6. The predicted molar refractivity (Wildman–Crippen MR) is 138 cm³/mol. The highest BCUT2D eigenvalue weighted by molar-refractivity contribution is 5.99. The fourth-order valence-electron chi connectivity index (χ4n) is 3.63. The van der Waals surface area contributed by atoms with Crippen LogP contribution in [-0.4, -0.2) is 44.0 Å². The number of fused-ring (bicyclic) bond motifs is 2. The molecule has 36 heavy (non-hydrogen) atoms. The fraction of sp³-hybridized carbons (Fsp3) is 0.0400. The quantitative estimate of drug-likeness (QED) is 0.197. The molecule has 178 valence electrons. The molecule has 0 fully saturated rings. The van der Waals surface area contributed by atoms with Gasteiger partial charge in [-0.2, -0.15) is 15.3 Å². The molecule has 0 aliphatic heterocycles. The number of hydrogen-bond donors (Lipinski definition) is 4. The zero-order valence-corrected chi connectivity index (χ0v) is 19.1. The highest BCUT2D eigenvalue weighted by Crippen LogP contribution is 2.26. The summed E-state index contributed by atoms with van der Waals surface area (Å²) in [5.41, 5.74) is 3.37. The zero-order valence-electron chi connectivity index (χ0n) is 19.1. The number of halogens is 1. The van der Waals surface area contributed by atoms with Crippen molar-refractivity contribution in [2.75, 3.05) is 5.32 Å². The van der Waals surface area contributed by atoms with E-state index < -0.39 is 5.82 Å². The Kier molecular flexibility index (Phi) is 6.02. The average molecular weight is 481 g/mol. The number of aromatic amines is 2. The first-order chi connectivity index (χ1) is 17.5. The molecule has 0 aliphatic rings. The molecule has 10 nitrogen and oxygen atoms in total. The van der Waals surface area contributed by atoms with Gasteiger partial charge in [-0.25, -0.2) is 14.4 Å². The van der Waals surface area contributed by atoms with Crippen LogP contribution in [0.4, 0.5) is 15.9 Å². The average Bonchev–Trinajstić information content (AvgIpc) is 3.50. The van der Waals surface area contributed by atoms with E-state index in [0.717, 1.165) is 21.9 Å². The second-order valence-electron chi connectivity index (χ2n) is 7.87. The summed E-state index contributed by atoms with van der Waals surface area (Å²) in [5.74, 6) is 0.160. The molecule has 11 heteroatoms. The third-order valence-electron chi connectivity index (χ3n) is 5.36. The van der Waals surface area contributed by atoms with E-state index in [1.165, 1.54) is 12.3 Å². The number of nitrogens with zero attached hydrogens (tertiary/aromatic N) is 5. The molecule has 0 atom stereocenters. The number of allylic oxidation sites excluding steroid dienone is 2. The van der Waals surface area contributed by atoms with E-state index in [4.69, 9.17) is 0 Å². The van der Waals surface area contributed by atoms with Crippen LogP contribution in [0.15, 0.2) is 76.8 Å². The molecule has 0 aliphatic carbocycles. The zero-order chi connectivity index (χ0) is 25.1. The fourth-order valence-corrected chi connectivity index (χ4v) is 3.63. The lowest BCUT2D eigenvalue weighted by Gasteiger charge is -2.08. The molecule has 0 unspecified atom stereocenters. The third kappa shape index (κ3) is 4.71. The number of benzene rings is 2. The lowest BCUT2D eigenvalue weighted by Crippen LogP contribution is -2.21. The maximum Gasteiger partial charge on any atom is 0.271 e. The maximum absolute atomic E-state index is 14.5. The largest absolute Gasteiger partial charge is 0.350 e. The molecule has 1 amide bonds. The Labute approximate surface area is 204 Å². The van der Waals surface area contributed by atoms with Gasteiger partial charge in [0, 0.05) is 46.5 Å². The number of H-pyrrole nitrogens is 2. The SMILES string of the molecule is C=N/N=C\C=C(/C)NC(=O)c1cc2ccc(-c3nccc(Nc4cc5cn[nH]c5cc4F)n3)cc2[nH]1. The normalized spacial score (nSPS) is 11.9. The van der Waals surface area contributed by atoms with Crippen molar-refractivity contribution in [3.8, 4) is 11.4 Å². The second-order valence-corrected chi connectivity index (χ2v) is 7.87. The number of hydrogen-bond acceptors (Lipinski definition) is 7. The van der Waals surface area contributed by atoms with Crippen molar-refractivity contribution in [3.63, 3.8) is 0 Å². The van der Waals surface area contributed by atoms with Crippen molar-refractivity contribution < 1.29 is 9.18 Å². The summed E-state index contributed by atoms with van der Waals surface area (Å²) < 4.78 is 14.5. The summed E-state index contributed by atoms with van der Waals surface area (Å²) in [6, 6.07) is 12.0. The van der Waals surface area contributed by atoms with Gasteiger partial charge in [0.05, 0.1) is 23.6 Å². The Morgan fingerprint density at radius 2 is 2.03 bits per heavy atom.